The number of hydrogen-bond acceptors (Lipinski definition) is 31. The van der Waals surface area contributed by atoms with Crippen LogP contribution in [0.15, 0.2) is 81.0 Å². The van der Waals surface area contributed by atoms with E-state index in [2.05, 4.69) is 120 Å². The summed E-state index contributed by atoms with van der Waals surface area (Å²) >= 11 is 3.79. The lowest BCUT2D eigenvalue weighted by Gasteiger charge is -2.71. The third-order valence-corrected chi connectivity index (χ3v) is 30.1. The van der Waals surface area contributed by atoms with E-state index in [1.165, 1.54) is 45.8 Å². The fourth-order valence-electron chi connectivity index (χ4n) is 21.3. The van der Waals surface area contributed by atoms with Gasteiger partial charge in [0.15, 0.2) is 31.3 Å². The number of carboxylic acid groups (broad SMARTS) is 2. The molecule has 646 valence electrons. The van der Waals surface area contributed by atoms with Crippen molar-refractivity contribution in [3.63, 3.8) is 0 Å². The van der Waals surface area contributed by atoms with Gasteiger partial charge in [-0.25, -0.2) is 9.59 Å². The zero-order valence-electron chi connectivity index (χ0n) is 67.2. The molecular formula is C82H122N2O29S2. The SMILES string of the molecule is CC1OC(OC2CCC3(C)C(CCC4(C)C3CC=C3C5CC(C)(C)CCC5(C(=O)OC5OCC(O)C(O)C5OC5OC(C)C(OC6OC(CO)C(O)C(O)C6O)C(O)C5O)C(O)CC34C)C2(C)C)C(O)C(O)C1OC1OCC(O)C(O)C1O.CSc1ccc2c(c1)C(N1CCN(C)CC1)Cc1ccccc1S2.O=C(O)C=CC(=O)O. The van der Waals surface area contributed by atoms with Crippen molar-refractivity contribution in [1.29, 1.82) is 0 Å². The van der Waals surface area contributed by atoms with Gasteiger partial charge >= 0.3 is 17.9 Å². The number of aliphatic hydroxyl groups is 14. The monoisotopic (exact) mass is 1660 g/mol. The molecule has 7 aliphatic heterocycles. The number of thioether (sulfide) groups is 1. The summed E-state index contributed by atoms with van der Waals surface area (Å²) in [4.78, 5) is 43.9. The molecule has 0 radical (unpaired) electrons. The number of fused-ring (bicyclic) bond motifs is 9. The predicted octanol–water partition coefficient (Wildman–Crippen LogP) is 2.21. The lowest BCUT2D eigenvalue weighted by atomic mass is 9.33. The van der Waals surface area contributed by atoms with E-state index in [0.29, 0.717) is 43.9 Å². The molecular weight excluding hydrogens is 1540 g/mol. The van der Waals surface area contributed by atoms with Crippen LogP contribution in [0.25, 0.3) is 0 Å². The lowest BCUT2D eigenvalue weighted by molar-refractivity contribution is -0.374. The fourth-order valence-corrected chi connectivity index (χ4v) is 22.9. The second kappa shape index (κ2) is 35.8. The van der Waals surface area contributed by atoms with Gasteiger partial charge < -0.3 is 134 Å². The van der Waals surface area contributed by atoms with Crippen molar-refractivity contribution in [3.8, 4) is 0 Å². The van der Waals surface area contributed by atoms with Crippen molar-refractivity contribution in [2.45, 2.75) is 301 Å². The first-order valence-corrected chi connectivity index (χ1v) is 42.4. The van der Waals surface area contributed by atoms with E-state index in [0.717, 1.165) is 44.3 Å². The number of aliphatic hydroxyl groups excluding tert-OH is 14. The van der Waals surface area contributed by atoms with Crippen molar-refractivity contribution in [2.75, 3.05) is 59.3 Å². The molecule has 4 saturated carbocycles. The van der Waals surface area contributed by atoms with Crippen LogP contribution in [-0.4, -0.2) is 322 Å². The van der Waals surface area contributed by atoms with Crippen molar-refractivity contribution < 1.29 is 143 Å². The Morgan fingerprint density at radius 1 is 0.600 bits per heavy atom. The topological polar surface area (TPSA) is 474 Å². The van der Waals surface area contributed by atoms with Gasteiger partial charge in [0.2, 0.25) is 6.29 Å². The van der Waals surface area contributed by atoms with Gasteiger partial charge in [-0.05, 0) is 172 Å². The maximum Gasteiger partial charge on any atom is 0.328 e. The summed E-state index contributed by atoms with van der Waals surface area (Å²) in [6.07, 6.45) is -24.8. The number of carboxylic acids is 2. The Bertz CT molecular complexity index is 3740. The average molecular weight is 1660 g/mol. The molecule has 12 aliphatic rings. The smallest absolute Gasteiger partial charge is 0.328 e. The molecule has 0 bridgehead atoms. The van der Waals surface area contributed by atoms with Gasteiger partial charge in [0, 0.05) is 59.1 Å². The van der Waals surface area contributed by atoms with Crippen molar-refractivity contribution in [2.24, 2.45) is 50.2 Å². The zero-order valence-corrected chi connectivity index (χ0v) is 68.8. The summed E-state index contributed by atoms with van der Waals surface area (Å²) in [5.74, 6) is -3.52. The maximum absolute atomic E-state index is 15.4. The Kier molecular flexibility index (Phi) is 28.1. The van der Waals surface area contributed by atoms with E-state index in [1.807, 2.05) is 23.5 Å². The van der Waals surface area contributed by atoms with E-state index in [9.17, 15) is 81.1 Å². The van der Waals surface area contributed by atoms with Crippen molar-refractivity contribution >= 4 is 41.4 Å². The molecule has 5 aliphatic carbocycles. The van der Waals surface area contributed by atoms with Crippen molar-refractivity contribution in [3.05, 3.63) is 77.4 Å². The highest BCUT2D eigenvalue weighted by Crippen LogP contribution is 2.76. The van der Waals surface area contributed by atoms with Crippen LogP contribution < -0.4 is 0 Å². The molecule has 14 rings (SSSR count). The van der Waals surface area contributed by atoms with Crippen LogP contribution >= 0.6 is 23.5 Å². The number of ether oxygens (including phenoxy) is 10. The highest BCUT2D eigenvalue weighted by atomic mass is 32.2. The first-order valence-electron chi connectivity index (χ1n) is 40.3. The van der Waals surface area contributed by atoms with Gasteiger partial charge in [0.1, 0.15) is 97.0 Å². The fraction of sp³-hybridized carbons (Fsp3) is 0.768. The quantitative estimate of drug-likeness (QED) is 0.0399. The second-order valence-corrected chi connectivity index (χ2v) is 37.9. The largest absolute Gasteiger partial charge is 0.478 e. The number of carbonyl (C=O) groups is 3. The Morgan fingerprint density at radius 2 is 1.17 bits per heavy atom. The molecule has 0 aromatic heterocycles. The van der Waals surface area contributed by atoms with E-state index in [-0.39, 0.29) is 47.5 Å². The average Bonchev–Trinajstić information content (AvgIpc) is 0.820. The van der Waals surface area contributed by atoms with E-state index >= 15 is 4.79 Å². The summed E-state index contributed by atoms with van der Waals surface area (Å²) in [5, 5.41) is 168. The molecule has 0 spiro atoms. The second-order valence-electron chi connectivity index (χ2n) is 35.9. The van der Waals surface area contributed by atoms with Crippen LogP contribution in [0.5, 0.6) is 0 Å². The van der Waals surface area contributed by atoms with Gasteiger partial charge in [0.25, 0.3) is 0 Å². The molecule has 2 aromatic carbocycles. The third-order valence-electron chi connectivity index (χ3n) is 28.2. The standard InChI is InChI=1S/C58H94O25.C20H24N2S2.C4H4O4/c1-23-44(80-47-40(69)34(63)27(60)21-74-47)38(67)42(71)48(76-23)79-33-13-14-55(7)30(54(33,5)6)12-15-56(8)31(55)11-10-25-26-18-53(3,4)16-17-58(26,32(62)19-57(25,56)9)52(73)83-51-46(35(64)28(61)22-75-51)82-49-43(72)39(68)45(24(2)77-49)81-50-41(70)37(66)36(65)29(20-59)78-50;1-21-9-11-22(12-10-21)18-13-15-5-3-4-6-19(15)24-20-8-7-16(23-2)14-17(18)20;5-3(6)1-2-4(7)8/h10,23-24,26-51,59-72H,11-22H2,1-9H3;3-8,14,18H,9-13H2,1-2H3;1-2H,(H,5,6)(H,7,8). The molecule has 6 saturated heterocycles. The first-order chi connectivity index (χ1) is 54.1. The molecule has 33 unspecified atom stereocenters. The highest BCUT2D eigenvalue weighted by Gasteiger charge is 2.72. The summed E-state index contributed by atoms with van der Waals surface area (Å²) < 4.78 is 59.6. The lowest BCUT2D eigenvalue weighted by Crippen LogP contribution is -2.68. The van der Waals surface area contributed by atoms with E-state index in [4.69, 9.17) is 57.6 Å². The number of rotatable bonds is 15. The van der Waals surface area contributed by atoms with E-state index in [1.54, 1.807) is 6.92 Å². The number of hydrogen-bond donors (Lipinski definition) is 16. The van der Waals surface area contributed by atoms with Gasteiger partial charge in [-0.2, -0.15) is 0 Å². The minimum Gasteiger partial charge on any atom is -0.478 e. The number of carbonyl (C=O) groups excluding carboxylic acids is 1. The molecule has 33 atom stereocenters. The Balaban J connectivity index is 0.000000314. The van der Waals surface area contributed by atoms with Crippen LogP contribution in [0.2, 0.25) is 0 Å². The Labute approximate surface area is 679 Å². The normalized spacial score (nSPS) is 45.0. The molecule has 10 fully saturated rings. The van der Waals surface area contributed by atoms with Crippen LogP contribution in [0.4, 0.5) is 0 Å². The molecule has 2 aromatic rings. The number of aliphatic carboxylic acids is 2. The van der Waals surface area contributed by atoms with Gasteiger partial charge in [-0.15, -0.1) is 11.8 Å². The number of nitrogens with zero attached hydrogens (tertiary/aromatic N) is 2. The summed E-state index contributed by atoms with van der Waals surface area (Å²) in [6.45, 7) is 21.9. The minimum absolute atomic E-state index is 0.129. The number of allylic oxidation sites excluding steroid dienone is 2. The van der Waals surface area contributed by atoms with Crippen LogP contribution in [-0.2, 0) is 68.2 Å². The summed E-state index contributed by atoms with van der Waals surface area (Å²) in [7, 11) is 2.23. The van der Waals surface area contributed by atoms with Gasteiger partial charge in [0.05, 0.1) is 44.2 Å². The molecule has 7 heterocycles. The number of benzene rings is 2. The minimum atomic E-state index is -1.93. The molecule has 115 heavy (non-hydrogen) atoms. The van der Waals surface area contributed by atoms with Crippen LogP contribution in [0.3, 0.4) is 0 Å². The first kappa shape index (κ1) is 90.3. The van der Waals surface area contributed by atoms with Crippen molar-refractivity contribution in [1.82, 2.24) is 9.80 Å². The third kappa shape index (κ3) is 17.6. The van der Waals surface area contributed by atoms with Gasteiger partial charge in [-0.1, -0.05) is 90.1 Å². The number of piperazine rings is 1. The number of esters is 1. The van der Waals surface area contributed by atoms with Crippen LogP contribution in [0, 0.1) is 50.2 Å². The zero-order chi connectivity index (χ0) is 83.7. The number of likely N-dealkylation sites (N-methyl/N-ethyl adjacent to an activating group) is 1. The Hall–Kier alpha value is -3.97. The summed E-state index contributed by atoms with van der Waals surface area (Å²) in [5.41, 5.74) is 0.738. The predicted molar refractivity (Wildman–Crippen MR) is 411 cm³/mol. The van der Waals surface area contributed by atoms with Gasteiger partial charge in [-0.3, -0.25) is 9.69 Å². The van der Waals surface area contributed by atoms with E-state index < -0.39 is 207 Å². The maximum atomic E-state index is 15.4. The molecule has 33 heteroatoms. The Morgan fingerprint density at radius 3 is 1.80 bits per heavy atom. The molecule has 16 N–H and O–H groups in total. The summed E-state index contributed by atoms with van der Waals surface area (Å²) in [6, 6.07) is 16.5. The molecule has 0 amide bonds. The van der Waals surface area contributed by atoms with Crippen LogP contribution in [0.1, 0.15) is 137 Å². The highest BCUT2D eigenvalue weighted by molar-refractivity contribution is 7.99. The molecule has 31 nitrogen and oxygen atoms in total.